The molecule has 128 valence electrons. The van der Waals surface area contributed by atoms with E-state index in [0.29, 0.717) is 11.1 Å². The summed E-state index contributed by atoms with van der Waals surface area (Å²) in [6.45, 7) is 3.86. The van der Waals surface area contributed by atoms with Crippen LogP contribution in [0.1, 0.15) is 21.5 Å². The summed E-state index contributed by atoms with van der Waals surface area (Å²) < 4.78 is 26.3. The van der Waals surface area contributed by atoms with Gasteiger partial charge in [-0.2, -0.15) is 5.26 Å². The monoisotopic (exact) mass is 355 g/mol. The van der Waals surface area contributed by atoms with Crippen molar-refractivity contribution < 1.29 is 13.2 Å². The Morgan fingerprint density at radius 3 is 2.56 bits per heavy atom. The molecule has 6 nitrogen and oxygen atoms in total. The molecule has 0 unspecified atom stereocenters. The Kier molecular flexibility index (Phi) is 6.06. The lowest BCUT2D eigenvalue weighted by Gasteiger charge is -2.08. The van der Waals surface area contributed by atoms with Crippen molar-refractivity contribution in [3.05, 3.63) is 77.9 Å². The molecule has 0 bridgehead atoms. The molecule has 7 heteroatoms. The zero-order valence-electron chi connectivity index (χ0n) is 13.4. The van der Waals surface area contributed by atoms with Crippen molar-refractivity contribution in [1.82, 2.24) is 10.0 Å². The minimum absolute atomic E-state index is 0.0765. The standard InChI is InChI=1S/C18H17N3O3S/c1-2-10-21-25(23,24)17-8-6-16(7-9-17)18(22)20-13-15-5-3-4-14(11-15)12-19/h2-9,11,21H,1,10,13H2,(H,20,22). The third-order valence-electron chi connectivity index (χ3n) is 3.35. The SMILES string of the molecule is C=CCNS(=O)(=O)c1ccc(C(=O)NCc2cccc(C#N)c2)cc1. The van der Waals surface area contributed by atoms with Gasteiger partial charge in [-0.25, -0.2) is 13.1 Å². The smallest absolute Gasteiger partial charge is 0.251 e. The van der Waals surface area contributed by atoms with E-state index in [9.17, 15) is 13.2 Å². The molecule has 0 fully saturated rings. The van der Waals surface area contributed by atoms with E-state index in [2.05, 4.69) is 16.6 Å². The summed E-state index contributed by atoms with van der Waals surface area (Å²) in [5.74, 6) is -0.328. The molecule has 1 amide bonds. The summed E-state index contributed by atoms with van der Waals surface area (Å²) in [6, 6.07) is 14.6. The second kappa shape index (κ2) is 8.24. The van der Waals surface area contributed by atoms with E-state index in [1.807, 2.05) is 12.1 Å². The van der Waals surface area contributed by atoms with Gasteiger partial charge in [-0.3, -0.25) is 4.79 Å². The lowest BCUT2D eigenvalue weighted by molar-refractivity contribution is 0.0951. The average molecular weight is 355 g/mol. The van der Waals surface area contributed by atoms with Crippen molar-refractivity contribution in [2.75, 3.05) is 6.54 Å². The van der Waals surface area contributed by atoms with Crippen LogP contribution in [0.25, 0.3) is 0 Å². The van der Waals surface area contributed by atoms with Crippen molar-refractivity contribution >= 4 is 15.9 Å². The summed E-state index contributed by atoms with van der Waals surface area (Å²) in [5.41, 5.74) is 1.67. The number of benzene rings is 2. The zero-order chi connectivity index (χ0) is 18.3. The molecule has 0 spiro atoms. The third kappa shape index (κ3) is 5.01. The Balaban J connectivity index is 2.03. The summed E-state index contributed by atoms with van der Waals surface area (Å²) in [4.78, 5) is 12.2. The van der Waals surface area contributed by atoms with Crippen molar-refractivity contribution in [2.45, 2.75) is 11.4 Å². The number of hydrogen-bond acceptors (Lipinski definition) is 4. The van der Waals surface area contributed by atoms with Crippen LogP contribution in [0.2, 0.25) is 0 Å². The maximum Gasteiger partial charge on any atom is 0.251 e. The van der Waals surface area contributed by atoms with Crippen LogP contribution in [0.15, 0.2) is 66.1 Å². The number of carbonyl (C=O) groups is 1. The Morgan fingerprint density at radius 1 is 1.20 bits per heavy atom. The van der Waals surface area contributed by atoms with Crippen molar-refractivity contribution in [3.63, 3.8) is 0 Å². The van der Waals surface area contributed by atoms with Crippen LogP contribution in [0.4, 0.5) is 0 Å². The molecule has 25 heavy (non-hydrogen) atoms. The van der Waals surface area contributed by atoms with Gasteiger partial charge in [-0.15, -0.1) is 6.58 Å². The maximum atomic E-state index is 12.2. The van der Waals surface area contributed by atoms with Gasteiger partial charge in [0.15, 0.2) is 0 Å². The van der Waals surface area contributed by atoms with Crippen LogP contribution in [-0.4, -0.2) is 20.9 Å². The predicted molar refractivity (Wildman–Crippen MR) is 94.2 cm³/mol. The number of hydrogen-bond donors (Lipinski definition) is 2. The largest absolute Gasteiger partial charge is 0.348 e. The Morgan fingerprint density at radius 2 is 1.92 bits per heavy atom. The quantitative estimate of drug-likeness (QED) is 0.742. The first-order chi connectivity index (χ1) is 12.0. The van der Waals surface area contributed by atoms with Crippen molar-refractivity contribution in [1.29, 1.82) is 5.26 Å². The average Bonchev–Trinajstić information content (AvgIpc) is 2.64. The Hall–Kier alpha value is -2.95. The lowest BCUT2D eigenvalue weighted by Crippen LogP contribution is -2.24. The first-order valence-electron chi connectivity index (χ1n) is 7.44. The van der Waals surface area contributed by atoms with Crippen LogP contribution in [0, 0.1) is 11.3 Å². The minimum atomic E-state index is -3.61. The van der Waals surface area contributed by atoms with Gasteiger partial charge in [0.25, 0.3) is 5.91 Å². The summed E-state index contributed by atoms with van der Waals surface area (Å²) >= 11 is 0. The second-order valence-electron chi connectivity index (χ2n) is 5.16. The van der Waals surface area contributed by atoms with Crippen LogP contribution >= 0.6 is 0 Å². The third-order valence-corrected chi connectivity index (χ3v) is 4.79. The minimum Gasteiger partial charge on any atom is -0.348 e. The van der Waals surface area contributed by atoms with Gasteiger partial charge in [0.1, 0.15) is 0 Å². The predicted octanol–water partition coefficient (Wildman–Crippen LogP) is 1.95. The molecule has 2 aromatic rings. The first kappa shape index (κ1) is 18.4. The van der Waals surface area contributed by atoms with Gasteiger partial charge in [0, 0.05) is 18.7 Å². The fourth-order valence-corrected chi connectivity index (χ4v) is 3.07. The molecule has 2 rings (SSSR count). The highest BCUT2D eigenvalue weighted by Crippen LogP contribution is 2.11. The summed E-state index contributed by atoms with van der Waals surface area (Å²) in [6.07, 6.45) is 1.45. The zero-order valence-corrected chi connectivity index (χ0v) is 14.2. The van der Waals surface area contributed by atoms with Gasteiger partial charge in [0.05, 0.1) is 16.5 Å². The molecule has 0 saturated carbocycles. The molecule has 0 radical (unpaired) electrons. The van der Waals surface area contributed by atoms with Gasteiger partial charge in [-0.05, 0) is 42.0 Å². The van der Waals surface area contributed by atoms with E-state index >= 15 is 0 Å². The molecular formula is C18H17N3O3S. The number of carbonyl (C=O) groups excluding carboxylic acids is 1. The number of rotatable bonds is 7. The van der Waals surface area contributed by atoms with Crippen molar-refractivity contribution in [2.24, 2.45) is 0 Å². The Labute approximate surface area is 146 Å². The molecule has 0 aromatic heterocycles. The highest BCUT2D eigenvalue weighted by atomic mass is 32.2. The highest BCUT2D eigenvalue weighted by molar-refractivity contribution is 7.89. The van der Waals surface area contributed by atoms with Gasteiger partial charge in [0.2, 0.25) is 10.0 Å². The van der Waals surface area contributed by atoms with Crippen LogP contribution in [-0.2, 0) is 16.6 Å². The molecule has 0 atom stereocenters. The molecular weight excluding hydrogens is 338 g/mol. The van der Waals surface area contributed by atoms with E-state index in [0.717, 1.165) is 5.56 Å². The molecule has 0 aliphatic rings. The lowest BCUT2D eigenvalue weighted by atomic mass is 10.1. The Bertz CT molecular complexity index is 913. The molecule has 0 aliphatic carbocycles. The first-order valence-corrected chi connectivity index (χ1v) is 8.92. The number of nitriles is 1. The molecule has 0 heterocycles. The van der Waals surface area contributed by atoms with E-state index in [4.69, 9.17) is 5.26 Å². The summed E-state index contributed by atoms with van der Waals surface area (Å²) in [5, 5.41) is 11.6. The number of nitrogens with zero attached hydrogens (tertiary/aromatic N) is 1. The maximum absolute atomic E-state index is 12.2. The van der Waals surface area contributed by atoms with Gasteiger partial charge >= 0.3 is 0 Å². The van der Waals surface area contributed by atoms with E-state index < -0.39 is 10.0 Å². The van der Waals surface area contributed by atoms with E-state index in [1.165, 1.54) is 30.3 Å². The normalized spacial score (nSPS) is 10.7. The molecule has 2 N–H and O–H groups in total. The second-order valence-corrected chi connectivity index (χ2v) is 6.93. The van der Waals surface area contributed by atoms with E-state index in [-0.39, 0.29) is 23.9 Å². The number of sulfonamides is 1. The number of amides is 1. The van der Waals surface area contributed by atoms with Crippen LogP contribution < -0.4 is 10.0 Å². The fourth-order valence-electron chi connectivity index (χ4n) is 2.07. The van der Waals surface area contributed by atoms with Gasteiger partial charge in [-0.1, -0.05) is 18.2 Å². The molecule has 0 saturated heterocycles. The van der Waals surface area contributed by atoms with E-state index in [1.54, 1.807) is 18.2 Å². The van der Waals surface area contributed by atoms with Crippen molar-refractivity contribution in [3.8, 4) is 6.07 Å². The molecule has 0 aliphatic heterocycles. The highest BCUT2D eigenvalue weighted by Gasteiger charge is 2.13. The van der Waals surface area contributed by atoms with Crippen LogP contribution in [0.3, 0.4) is 0 Å². The number of nitrogens with one attached hydrogen (secondary N) is 2. The van der Waals surface area contributed by atoms with Gasteiger partial charge < -0.3 is 5.32 Å². The fraction of sp³-hybridized carbons (Fsp3) is 0.111. The molecule has 2 aromatic carbocycles. The summed E-state index contributed by atoms with van der Waals surface area (Å²) in [7, 11) is -3.61. The topological polar surface area (TPSA) is 99.1 Å². The van der Waals surface area contributed by atoms with Crippen LogP contribution in [0.5, 0.6) is 0 Å².